The number of carbonyl (C=O) groups is 2. The molecule has 38 heavy (non-hydrogen) atoms. The summed E-state index contributed by atoms with van der Waals surface area (Å²) < 4.78 is 0. The van der Waals surface area contributed by atoms with Crippen LogP contribution in [-0.4, -0.2) is 33.8 Å². The largest absolute Gasteiger partial charge is 0.401 e. The third-order valence-corrected chi connectivity index (χ3v) is 5.92. The zero-order valence-electron chi connectivity index (χ0n) is 22.2. The third kappa shape index (κ3) is 6.48. The van der Waals surface area contributed by atoms with Gasteiger partial charge in [0.2, 0.25) is 0 Å². The van der Waals surface area contributed by atoms with E-state index >= 15 is 0 Å². The van der Waals surface area contributed by atoms with Crippen LogP contribution in [0.2, 0.25) is 0 Å². The first-order valence-electron chi connectivity index (χ1n) is 12.1. The Labute approximate surface area is 222 Å². The van der Waals surface area contributed by atoms with Crippen molar-refractivity contribution in [1.82, 2.24) is 20.3 Å². The lowest BCUT2D eigenvalue weighted by Crippen LogP contribution is -2.21. The minimum atomic E-state index is -0.899. The minimum absolute atomic E-state index is 0.280. The summed E-state index contributed by atoms with van der Waals surface area (Å²) in [6.07, 6.45) is 8.76. The van der Waals surface area contributed by atoms with Gasteiger partial charge in [-0.25, -0.2) is 4.98 Å². The summed E-state index contributed by atoms with van der Waals surface area (Å²) in [4.78, 5) is 38.3. The molecule has 2 heterocycles. The van der Waals surface area contributed by atoms with E-state index in [1.165, 1.54) is 0 Å². The Balaban J connectivity index is 1.93. The lowest BCUT2D eigenvalue weighted by Gasteiger charge is -2.17. The van der Waals surface area contributed by atoms with Gasteiger partial charge in [0.15, 0.2) is 0 Å². The number of nitrogens with one attached hydrogen (secondary N) is 2. The SMILES string of the molecule is CC/C=C(\C=C(/N)C(C)(C)C#N)C(=O)Nc1ccc(C)c(-c2cncc(-c3ccnc(C(=O)NC)c3)n2)c1. The molecule has 0 bridgehead atoms. The molecule has 4 N–H and O–H groups in total. The van der Waals surface area contributed by atoms with Crippen LogP contribution in [0.4, 0.5) is 5.69 Å². The molecule has 0 aliphatic heterocycles. The van der Waals surface area contributed by atoms with Gasteiger partial charge < -0.3 is 16.4 Å². The predicted octanol–water partition coefficient (Wildman–Crippen LogP) is 4.54. The van der Waals surface area contributed by atoms with Crippen molar-refractivity contribution in [3.63, 3.8) is 0 Å². The molecule has 2 aromatic heterocycles. The molecule has 0 spiro atoms. The van der Waals surface area contributed by atoms with Crippen molar-refractivity contribution in [1.29, 1.82) is 5.26 Å². The van der Waals surface area contributed by atoms with E-state index in [0.717, 1.165) is 11.1 Å². The number of anilines is 1. The quantitative estimate of drug-likeness (QED) is 0.298. The number of nitrogens with two attached hydrogens (primary N) is 1. The molecule has 0 saturated carbocycles. The van der Waals surface area contributed by atoms with Gasteiger partial charge in [-0.2, -0.15) is 5.26 Å². The van der Waals surface area contributed by atoms with Gasteiger partial charge in [0.25, 0.3) is 11.8 Å². The number of aromatic nitrogens is 3. The van der Waals surface area contributed by atoms with Crippen molar-refractivity contribution in [2.45, 2.75) is 34.1 Å². The fraction of sp³-hybridized carbons (Fsp3) is 0.241. The number of nitrogens with zero attached hydrogens (tertiary/aromatic N) is 4. The summed E-state index contributed by atoms with van der Waals surface area (Å²) in [5, 5.41) is 14.8. The zero-order valence-corrected chi connectivity index (χ0v) is 22.2. The predicted molar refractivity (Wildman–Crippen MR) is 147 cm³/mol. The summed E-state index contributed by atoms with van der Waals surface area (Å²) >= 11 is 0. The topological polar surface area (TPSA) is 147 Å². The van der Waals surface area contributed by atoms with Crippen LogP contribution in [0.3, 0.4) is 0 Å². The van der Waals surface area contributed by atoms with Gasteiger partial charge in [-0.15, -0.1) is 0 Å². The fourth-order valence-electron chi connectivity index (χ4n) is 3.51. The number of carbonyl (C=O) groups excluding carboxylic acids is 2. The molecular weight excluding hydrogens is 478 g/mol. The second-order valence-corrected chi connectivity index (χ2v) is 9.19. The highest BCUT2D eigenvalue weighted by atomic mass is 16.2. The normalized spacial score (nSPS) is 12.0. The molecule has 0 saturated heterocycles. The number of pyridine rings is 1. The van der Waals surface area contributed by atoms with Gasteiger partial charge in [0, 0.05) is 41.3 Å². The van der Waals surface area contributed by atoms with Crippen molar-refractivity contribution in [2.24, 2.45) is 11.1 Å². The first kappa shape index (κ1) is 27.7. The second-order valence-electron chi connectivity index (χ2n) is 9.19. The molecule has 194 valence electrons. The van der Waals surface area contributed by atoms with Crippen molar-refractivity contribution < 1.29 is 9.59 Å². The molecule has 9 nitrogen and oxygen atoms in total. The maximum atomic E-state index is 13.1. The molecule has 3 rings (SSSR count). The van der Waals surface area contributed by atoms with Crippen LogP contribution in [0.1, 0.15) is 43.2 Å². The molecule has 0 fully saturated rings. The molecule has 0 aliphatic rings. The summed E-state index contributed by atoms with van der Waals surface area (Å²) in [5.41, 5.74) is 10.4. The molecule has 3 aromatic rings. The lowest BCUT2D eigenvalue weighted by atomic mass is 9.90. The summed E-state index contributed by atoms with van der Waals surface area (Å²) in [6.45, 7) is 7.27. The molecule has 0 aliphatic carbocycles. The summed E-state index contributed by atoms with van der Waals surface area (Å²) in [6, 6.07) is 11.1. The lowest BCUT2D eigenvalue weighted by molar-refractivity contribution is -0.112. The number of amides is 2. The number of nitriles is 1. The maximum absolute atomic E-state index is 13.1. The maximum Gasteiger partial charge on any atom is 0.269 e. The second kappa shape index (κ2) is 11.9. The van der Waals surface area contributed by atoms with Gasteiger partial charge >= 0.3 is 0 Å². The van der Waals surface area contributed by atoms with E-state index in [1.54, 1.807) is 63.8 Å². The standard InChI is InChI=1S/C29H31N7O2/c1-6-7-20(13-26(31)29(3,4)17-30)27(37)35-21-9-8-18(2)22(14-21)25-16-33-15-24(36-25)19-10-11-34-23(12-19)28(38)32-5/h7-16H,6,31H2,1-5H3,(H,32,38)(H,35,37)/b20-7+,26-13-. The van der Waals surface area contributed by atoms with Crippen molar-refractivity contribution >= 4 is 17.5 Å². The molecule has 1 aromatic carbocycles. The number of hydrogen-bond donors (Lipinski definition) is 3. The Hall–Kier alpha value is -4.84. The van der Waals surface area contributed by atoms with Crippen LogP contribution < -0.4 is 16.4 Å². The van der Waals surface area contributed by atoms with E-state index in [9.17, 15) is 14.9 Å². The summed E-state index contributed by atoms with van der Waals surface area (Å²) in [5.74, 6) is -0.628. The number of hydrogen-bond acceptors (Lipinski definition) is 7. The van der Waals surface area contributed by atoms with E-state index in [0.29, 0.717) is 40.3 Å². The number of rotatable bonds is 8. The number of benzene rings is 1. The van der Waals surface area contributed by atoms with Crippen LogP contribution in [-0.2, 0) is 4.79 Å². The molecule has 0 atom stereocenters. The van der Waals surface area contributed by atoms with Crippen molar-refractivity contribution in [2.75, 3.05) is 12.4 Å². The molecule has 0 unspecified atom stereocenters. The van der Waals surface area contributed by atoms with E-state index in [1.807, 2.05) is 32.0 Å². The molecule has 9 heteroatoms. The van der Waals surface area contributed by atoms with E-state index in [2.05, 4.69) is 26.7 Å². The van der Waals surface area contributed by atoms with Crippen LogP contribution >= 0.6 is 0 Å². The van der Waals surface area contributed by atoms with Gasteiger partial charge in [-0.3, -0.25) is 19.6 Å². The van der Waals surface area contributed by atoms with Crippen LogP contribution in [0.25, 0.3) is 22.5 Å². The Morgan fingerprint density at radius 3 is 2.58 bits per heavy atom. The zero-order chi connectivity index (χ0) is 27.9. The Bertz CT molecular complexity index is 1470. The average molecular weight is 510 g/mol. The number of allylic oxidation sites excluding steroid dienone is 2. The van der Waals surface area contributed by atoms with Gasteiger partial charge in [0.1, 0.15) is 5.69 Å². The Morgan fingerprint density at radius 2 is 1.89 bits per heavy atom. The average Bonchev–Trinajstić information content (AvgIpc) is 2.93. The first-order chi connectivity index (χ1) is 18.1. The molecule has 0 radical (unpaired) electrons. The first-order valence-corrected chi connectivity index (χ1v) is 12.1. The van der Waals surface area contributed by atoms with Gasteiger partial charge in [-0.1, -0.05) is 19.1 Å². The Morgan fingerprint density at radius 1 is 1.16 bits per heavy atom. The van der Waals surface area contributed by atoms with Crippen molar-refractivity contribution in [3.05, 3.63) is 83.6 Å². The van der Waals surface area contributed by atoms with Gasteiger partial charge in [-0.05, 0) is 63.1 Å². The van der Waals surface area contributed by atoms with Crippen LogP contribution in [0, 0.1) is 23.7 Å². The van der Waals surface area contributed by atoms with E-state index in [-0.39, 0.29) is 17.5 Å². The highest BCUT2D eigenvalue weighted by Crippen LogP contribution is 2.28. The smallest absolute Gasteiger partial charge is 0.269 e. The highest BCUT2D eigenvalue weighted by molar-refractivity contribution is 6.06. The molecule has 2 amide bonds. The highest BCUT2D eigenvalue weighted by Gasteiger charge is 2.21. The van der Waals surface area contributed by atoms with E-state index < -0.39 is 5.41 Å². The third-order valence-electron chi connectivity index (χ3n) is 5.92. The van der Waals surface area contributed by atoms with Crippen molar-refractivity contribution in [3.8, 4) is 28.6 Å². The van der Waals surface area contributed by atoms with Crippen LogP contribution in [0.15, 0.2) is 72.3 Å². The fourth-order valence-corrected chi connectivity index (χ4v) is 3.51. The monoisotopic (exact) mass is 509 g/mol. The number of aryl methyl sites for hydroxylation is 1. The van der Waals surface area contributed by atoms with E-state index in [4.69, 9.17) is 10.7 Å². The Kier molecular flexibility index (Phi) is 8.71. The van der Waals surface area contributed by atoms with Gasteiger partial charge in [0.05, 0.1) is 35.3 Å². The minimum Gasteiger partial charge on any atom is -0.401 e. The molecular formula is C29H31N7O2. The van der Waals surface area contributed by atoms with Crippen LogP contribution in [0.5, 0.6) is 0 Å². The summed E-state index contributed by atoms with van der Waals surface area (Å²) in [7, 11) is 1.55.